The molecule has 2 aromatic rings. The number of aryl methyl sites for hydroxylation is 3. The highest BCUT2D eigenvalue weighted by atomic mass is 35.5. The predicted octanol–water partition coefficient (Wildman–Crippen LogP) is 4.84. The van der Waals surface area contributed by atoms with Crippen molar-refractivity contribution in [2.75, 3.05) is 7.05 Å². The van der Waals surface area contributed by atoms with E-state index >= 15 is 0 Å². The Labute approximate surface area is 132 Å². The number of benzene rings is 2. The summed E-state index contributed by atoms with van der Waals surface area (Å²) >= 11 is 6.29. The molecular formula is C19H22ClN. The van der Waals surface area contributed by atoms with Crippen LogP contribution in [0.2, 0.25) is 5.02 Å². The van der Waals surface area contributed by atoms with Crippen LogP contribution in [0, 0.1) is 6.92 Å². The quantitative estimate of drug-likeness (QED) is 0.855. The van der Waals surface area contributed by atoms with Gasteiger partial charge in [-0.1, -0.05) is 41.9 Å². The highest BCUT2D eigenvalue weighted by Crippen LogP contribution is 2.29. The molecule has 0 saturated carbocycles. The molecule has 110 valence electrons. The maximum Gasteiger partial charge on any atom is 0.0574 e. The average Bonchev–Trinajstić information content (AvgIpc) is 2.51. The molecule has 0 aromatic heterocycles. The number of rotatable bonds is 3. The van der Waals surface area contributed by atoms with Crippen LogP contribution in [0.4, 0.5) is 0 Å². The third-order valence-electron chi connectivity index (χ3n) is 4.52. The van der Waals surface area contributed by atoms with Gasteiger partial charge in [0.1, 0.15) is 0 Å². The summed E-state index contributed by atoms with van der Waals surface area (Å²) in [5.74, 6) is 0. The van der Waals surface area contributed by atoms with Gasteiger partial charge in [0.05, 0.1) is 6.04 Å². The molecule has 3 rings (SSSR count). The van der Waals surface area contributed by atoms with Crippen LogP contribution in [-0.2, 0) is 12.8 Å². The molecule has 0 heterocycles. The third kappa shape index (κ3) is 3.00. The number of halogens is 1. The number of nitrogens with one attached hydrogen (secondary N) is 1. The Bertz CT molecular complexity index is 648. The van der Waals surface area contributed by atoms with Crippen molar-refractivity contribution in [3.8, 4) is 0 Å². The fraction of sp³-hybridized carbons (Fsp3) is 0.368. The van der Waals surface area contributed by atoms with Gasteiger partial charge >= 0.3 is 0 Å². The summed E-state index contributed by atoms with van der Waals surface area (Å²) in [6, 6.07) is 13.5. The SMILES string of the molecule is CNC(c1ccc(C)c(Cl)c1)c1ccc2c(c1)CCCC2. The van der Waals surface area contributed by atoms with Gasteiger partial charge in [-0.3, -0.25) is 0 Å². The summed E-state index contributed by atoms with van der Waals surface area (Å²) in [5.41, 5.74) is 6.74. The minimum absolute atomic E-state index is 0.204. The molecule has 2 heteroatoms. The van der Waals surface area contributed by atoms with E-state index in [2.05, 4.69) is 41.7 Å². The molecule has 1 aliphatic carbocycles. The lowest BCUT2D eigenvalue weighted by molar-refractivity contribution is 0.668. The molecule has 1 aliphatic rings. The molecule has 1 unspecified atom stereocenters. The molecule has 2 aromatic carbocycles. The number of hydrogen-bond acceptors (Lipinski definition) is 1. The molecule has 0 bridgehead atoms. The van der Waals surface area contributed by atoms with Crippen molar-refractivity contribution in [1.29, 1.82) is 0 Å². The Morgan fingerprint density at radius 3 is 2.33 bits per heavy atom. The van der Waals surface area contributed by atoms with Gasteiger partial charge in [-0.2, -0.15) is 0 Å². The minimum Gasteiger partial charge on any atom is -0.309 e. The topological polar surface area (TPSA) is 12.0 Å². The lowest BCUT2D eigenvalue weighted by atomic mass is 9.88. The number of fused-ring (bicyclic) bond motifs is 1. The molecule has 21 heavy (non-hydrogen) atoms. The zero-order valence-electron chi connectivity index (χ0n) is 12.7. The van der Waals surface area contributed by atoms with Crippen molar-refractivity contribution in [3.05, 3.63) is 69.2 Å². The zero-order chi connectivity index (χ0) is 14.8. The second kappa shape index (κ2) is 6.21. The van der Waals surface area contributed by atoms with Crippen LogP contribution in [-0.4, -0.2) is 7.05 Å². The third-order valence-corrected chi connectivity index (χ3v) is 4.93. The highest BCUT2D eigenvalue weighted by molar-refractivity contribution is 6.31. The van der Waals surface area contributed by atoms with E-state index in [-0.39, 0.29) is 6.04 Å². The summed E-state index contributed by atoms with van der Waals surface area (Å²) in [5, 5.41) is 4.27. The van der Waals surface area contributed by atoms with Crippen LogP contribution >= 0.6 is 11.6 Å². The van der Waals surface area contributed by atoms with Gasteiger partial charge in [0.2, 0.25) is 0 Å². The number of hydrogen-bond donors (Lipinski definition) is 1. The van der Waals surface area contributed by atoms with Crippen LogP contribution in [0.5, 0.6) is 0 Å². The first-order valence-electron chi connectivity index (χ1n) is 7.74. The second-order valence-electron chi connectivity index (χ2n) is 5.97. The summed E-state index contributed by atoms with van der Waals surface area (Å²) in [7, 11) is 2.01. The van der Waals surface area contributed by atoms with Gasteiger partial charge in [0, 0.05) is 5.02 Å². The Morgan fingerprint density at radius 1 is 0.952 bits per heavy atom. The van der Waals surface area contributed by atoms with Crippen LogP contribution < -0.4 is 5.32 Å². The maximum atomic E-state index is 6.29. The Balaban J connectivity index is 1.97. The molecule has 1 N–H and O–H groups in total. The monoisotopic (exact) mass is 299 g/mol. The van der Waals surface area contributed by atoms with E-state index in [0.29, 0.717) is 0 Å². The van der Waals surface area contributed by atoms with Gasteiger partial charge in [-0.05, 0) is 73.5 Å². The van der Waals surface area contributed by atoms with Crippen LogP contribution in [0.25, 0.3) is 0 Å². The van der Waals surface area contributed by atoms with Crippen molar-refractivity contribution in [1.82, 2.24) is 5.32 Å². The molecule has 0 aliphatic heterocycles. The first-order valence-corrected chi connectivity index (χ1v) is 8.12. The van der Waals surface area contributed by atoms with E-state index in [9.17, 15) is 0 Å². The van der Waals surface area contributed by atoms with E-state index in [1.54, 1.807) is 0 Å². The van der Waals surface area contributed by atoms with E-state index in [1.807, 2.05) is 14.0 Å². The van der Waals surface area contributed by atoms with E-state index in [4.69, 9.17) is 11.6 Å². The first kappa shape index (κ1) is 14.6. The fourth-order valence-corrected chi connectivity index (χ4v) is 3.44. The van der Waals surface area contributed by atoms with E-state index in [1.165, 1.54) is 47.9 Å². The standard InChI is InChI=1S/C19H22ClN/c1-13-7-8-17(12-18(13)20)19(21-2)16-10-9-14-5-3-4-6-15(14)11-16/h7-12,19,21H,3-6H2,1-2H3. The van der Waals surface area contributed by atoms with Crippen molar-refractivity contribution < 1.29 is 0 Å². The lowest BCUT2D eigenvalue weighted by Crippen LogP contribution is -2.18. The summed E-state index contributed by atoms with van der Waals surface area (Å²) in [6.45, 7) is 2.04. The van der Waals surface area contributed by atoms with Crippen molar-refractivity contribution in [2.45, 2.75) is 38.6 Å². The minimum atomic E-state index is 0.204. The van der Waals surface area contributed by atoms with Gasteiger partial charge in [0.15, 0.2) is 0 Å². The second-order valence-corrected chi connectivity index (χ2v) is 6.37. The molecule has 0 amide bonds. The summed E-state index contributed by atoms with van der Waals surface area (Å²) < 4.78 is 0. The Morgan fingerprint density at radius 2 is 1.62 bits per heavy atom. The predicted molar refractivity (Wildman–Crippen MR) is 90.2 cm³/mol. The molecule has 0 spiro atoms. The molecule has 1 atom stereocenters. The highest BCUT2D eigenvalue weighted by Gasteiger charge is 2.16. The normalized spacial score (nSPS) is 15.6. The zero-order valence-corrected chi connectivity index (χ0v) is 13.5. The van der Waals surface area contributed by atoms with Gasteiger partial charge in [0.25, 0.3) is 0 Å². The Kier molecular flexibility index (Phi) is 4.32. The molecule has 1 nitrogen and oxygen atoms in total. The molecular weight excluding hydrogens is 278 g/mol. The maximum absolute atomic E-state index is 6.29. The smallest absolute Gasteiger partial charge is 0.0574 e. The average molecular weight is 300 g/mol. The largest absolute Gasteiger partial charge is 0.309 e. The first-order chi connectivity index (χ1) is 10.2. The van der Waals surface area contributed by atoms with Crippen LogP contribution in [0.1, 0.15) is 46.7 Å². The van der Waals surface area contributed by atoms with Crippen LogP contribution in [0.3, 0.4) is 0 Å². The van der Waals surface area contributed by atoms with Gasteiger partial charge in [-0.25, -0.2) is 0 Å². The summed E-state index contributed by atoms with van der Waals surface area (Å²) in [4.78, 5) is 0. The summed E-state index contributed by atoms with van der Waals surface area (Å²) in [6.07, 6.45) is 5.09. The van der Waals surface area contributed by atoms with Gasteiger partial charge < -0.3 is 5.32 Å². The van der Waals surface area contributed by atoms with E-state index < -0.39 is 0 Å². The molecule has 0 radical (unpaired) electrons. The van der Waals surface area contributed by atoms with Gasteiger partial charge in [-0.15, -0.1) is 0 Å². The lowest BCUT2D eigenvalue weighted by Gasteiger charge is -2.22. The van der Waals surface area contributed by atoms with Crippen molar-refractivity contribution >= 4 is 11.6 Å². The molecule has 0 fully saturated rings. The Hall–Kier alpha value is -1.31. The molecule has 0 saturated heterocycles. The van der Waals surface area contributed by atoms with Crippen molar-refractivity contribution in [2.24, 2.45) is 0 Å². The van der Waals surface area contributed by atoms with E-state index in [0.717, 1.165) is 10.6 Å². The van der Waals surface area contributed by atoms with Crippen LogP contribution in [0.15, 0.2) is 36.4 Å². The fourth-order valence-electron chi connectivity index (χ4n) is 3.25. The van der Waals surface area contributed by atoms with Crippen molar-refractivity contribution in [3.63, 3.8) is 0 Å².